The summed E-state index contributed by atoms with van der Waals surface area (Å²) in [5.41, 5.74) is 0.928. The average Bonchev–Trinajstić information content (AvgIpc) is 2.81. The van der Waals surface area contributed by atoms with Crippen LogP contribution in [0, 0.1) is 0 Å². The van der Waals surface area contributed by atoms with E-state index in [0.29, 0.717) is 6.61 Å². The van der Waals surface area contributed by atoms with Crippen LogP contribution in [0.25, 0.3) is 0 Å². The van der Waals surface area contributed by atoms with Gasteiger partial charge < -0.3 is 14.2 Å². The summed E-state index contributed by atoms with van der Waals surface area (Å²) in [6.45, 7) is 0.581. The molecule has 0 aliphatic carbocycles. The van der Waals surface area contributed by atoms with Gasteiger partial charge in [-0.1, -0.05) is 30.3 Å². The van der Waals surface area contributed by atoms with E-state index in [9.17, 15) is 4.79 Å². The minimum atomic E-state index is -0.677. The minimum absolute atomic E-state index is 0.219. The SMILES string of the molecule is O=C(OCc1ccccc1)OC1C=COC1. The zero-order valence-electron chi connectivity index (χ0n) is 8.67. The quantitative estimate of drug-likeness (QED) is 0.733. The third-order valence-corrected chi connectivity index (χ3v) is 2.10. The molecule has 0 aromatic heterocycles. The molecule has 0 fully saturated rings. The molecule has 0 saturated heterocycles. The van der Waals surface area contributed by atoms with Crippen molar-refractivity contribution in [2.24, 2.45) is 0 Å². The largest absolute Gasteiger partial charge is 0.509 e. The third kappa shape index (κ3) is 3.02. The molecule has 0 radical (unpaired) electrons. The fourth-order valence-corrected chi connectivity index (χ4v) is 1.30. The third-order valence-electron chi connectivity index (χ3n) is 2.10. The number of hydrogen-bond donors (Lipinski definition) is 0. The van der Waals surface area contributed by atoms with Crippen LogP contribution in [0.2, 0.25) is 0 Å². The monoisotopic (exact) mass is 220 g/mol. The molecular weight excluding hydrogens is 208 g/mol. The Morgan fingerprint density at radius 2 is 2.19 bits per heavy atom. The van der Waals surface area contributed by atoms with Crippen LogP contribution >= 0.6 is 0 Å². The Bertz CT molecular complexity index is 372. The van der Waals surface area contributed by atoms with Gasteiger partial charge in [-0.15, -0.1) is 0 Å². The van der Waals surface area contributed by atoms with Crippen LogP contribution in [-0.4, -0.2) is 18.9 Å². The number of ether oxygens (including phenoxy) is 3. The Morgan fingerprint density at radius 3 is 2.88 bits per heavy atom. The summed E-state index contributed by atoms with van der Waals surface area (Å²) in [4.78, 5) is 11.2. The van der Waals surface area contributed by atoms with Crippen LogP contribution < -0.4 is 0 Å². The summed E-state index contributed by atoms with van der Waals surface area (Å²) >= 11 is 0. The second-order valence-corrected chi connectivity index (χ2v) is 3.34. The first-order valence-corrected chi connectivity index (χ1v) is 5.00. The highest BCUT2D eigenvalue weighted by molar-refractivity contribution is 5.60. The fraction of sp³-hybridized carbons (Fsp3) is 0.250. The molecule has 0 bridgehead atoms. The van der Waals surface area contributed by atoms with Gasteiger partial charge in [0.2, 0.25) is 0 Å². The molecule has 1 unspecified atom stereocenters. The first kappa shape index (κ1) is 10.5. The van der Waals surface area contributed by atoms with Crippen LogP contribution in [0.5, 0.6) is 0 Å². The number of carbonyl (C=O) groups excluding carboxylic acids is 1. The van der Waals surface area contributed by atoms with E-state index in [4.69, 9.17) is 14.2 Å². The van der Waals surface area contributed by atoms with E-state index in [0.717, 1.165) is 5.56 Å². The lowest BCUT2D eigenvalue weighted by molar-refractivity contribution is 0.0221. The van der Waals surface area contributed by atoms with E-state index in [1.54, 1.807) is 6.08 Å². The topological polar surface area (TPSA) is 44.8 Å². The lowest BCUT2D eigenvalue weighted by Gasteiger charge is -2.09. The van der Waals surface area contributed by atoms with Crippen molar-refractivity contribution in [1.82, 2.24) is 0 Å². The smallest absolute Gasteiger partial charge is 0.497 e. The molecule has 1 atom stereocenters. The van der Waals surface area contributed by atoms with E-state index < -0.39 is 6.16 Å². The van der Waals surface area contributed by atoms with Crippen LogP contribution in [0.1, 0.15) is 5.56 Å². The summed E-state index contributed by atoms with van der Waals surface area (Å²) in [5, 5.41) is 0. The Morgan fingerprint density at radius 1 is 1.38 bits per heavy atom. The van der Waals surface area contributed by atoms with Gasteiger partial charge in [0, 0.05) is 0 Å². The normalized spacial score (nSPS) is 17.9. The van der Waals surface area contributed by atoms with E-state index in [1.165, 1.54) is 6.26 Å². The standard InChI is InChI=1S/C12H12O4/c13-12(16-11-6-7-14-9-11)15-8-10-4-2-1-3-5-10/h1-7,11H,8-9H2. The van der Waals surface area contributed by atoms with Gasteiger partial charge in [0.1, 0.15) is 13.2 Å². The van der Waals surface area contributed by atoms with Gasteiger partial charge in [-0.25, -0.2) is 4.79 Å². The lowest BCUT2D eigenvalue weighted by atomic mass is 10.2. The van der Waals surface area contributed by atoms with Gasteiger partial charge in [-0.05, 0) is 11.6 Å². The molecule has 0 N–H and O–H groups in total. The molecule has 1 heterocycles. The van der Waals surface area contributed by atoms with Crippen LogP contribution in [-0.2, 0) is 20.8 Å². The highest BCUT2D eigenvalue weighted by Crippen LogP contribution is 2.07. The number of rotatable bonds is 3. The summed E-state index contributed by atoms with van der Waals surface area (Å²) in [7, 11) is 0. The highest BCUT2D eigenvalue weighted by Gasteiger charge is 2.16. The van der Waals surface area contributed by atoms with Gasteiger partial charge in [0.05, 0.1) is 6.26 Å². The molecule has 1 aliphatic heterocycles. The molecule has 1 aliphatic rings. The van der Waals surface area contributed by atoms with Crippen molar-refractivity contribution >= 4 is 6.16 Å². The molecule has 0 amide bonds. The van der Waals surface area contributed by atoms with Gasteiger partial charge >= 0.3 is 6.16 Å². The molecule has 0 spiro atoms. The fourth-order valence-electron chi connectivity index (χ4n) is 1.30. The van der Waals surface area contributed by atoms with Crippen molar-refractivity contribution in [2.45, 2.75) is 12.7 Å². The second-order valence-electron chi connectivity index (χ2n) is 3.34. The number of benzene rings is 1. The van der Waals surface area contributed by atoms with Crippen LogP contribution in [0.15, 0.2) is 42.7 Å². The molecule has 1 aromatic carbocycles. The lowest BCUT2D eigenvalue weighted by Crippen LogP contribution is -2.18. The van der Waals surface area contributed by atoms with Crippen molar-refractivity contribution in [3.8, 4) is 0 Å². The zero-order chi connectivity index (χ0) is 11.2. The average molecular weight is 220 g/mol. The van der Waals surface area contributed by atoms with Crippen LogP contribution in [0.4, 0.5) is 4.79 Å². The Kier molecular flexibility index (Phi) is 3.43. The summed E-state index contributed by atoms with van der Waals surface area (Å²) < 4.78 is 14.8. The van der Waals surface area contributed by atoms with Crippen molar-refractivity contribution in [3.63, 3.8) is 0 Å². The van der Waals surface area contributed by atoms with E-state index in [-0.39, 0.29) is 12.7 Å². The maximum atomic E-state index is 11.2. The molecule has 4 nitrogen and oxygen atoms in total. The molecule has 16 heavy (non-hydrogen) atoms. The highest BCUT2D eigenvalue weighted by atomic mass is 16.7. The first-order valence-electron chi connectivity index (χ1n) is 5.00. The van der Waals surface area contributed by atoms with E-state index in [2.05, 4.69) is 0 Å². The zero-order valence-corrected chi connectivity index (χ0v) is 8.67. The predicted molar refractivity (Wildman–Crippen MR) is 56.6 cm³/mol. The van der Waals surface area contributed by atoms with Gasteiger partial charge in [-0.3, -0.25) is 0 Å². The molecular formula is C12H12O4. The summed E-state index contributed by atoms with van der Waals surface area (Å²) in [6, 6.07) is 9.44. The second kappa shape index (κ2) is 5.21. The van der Waals surface area contributed by atoms with Crippen LogP contribution in [0.3, 0.4) is 0 Å². The molecule has 84 valence electrons. The van der Waals surface area contributed by atoms with E-state index >= 15 is 0 Å². The van der Waals surface area contributed by atoms with Gasteiger partial charge in [0.25, 0.3) is 0 Å². The molecule has 1 aromatic rings. The van der Waals surface area contributed by atoms with Gasteiger partial charge in [-0.2, -0.15) is 0 Å². The van der Waals surface area contributed by atoms with Crippen molar-refractivity contribution < 1.29 is 19.0 Å². The Labute approximate surface area is 93.4 Å². The van der Waals surface area contributed by atoms with E-state index in [1.807, 2.05) is 30.3 Å². The van der Waals surface area contributed by atoms with Crippen molar-refractivity contribution in [1.29, 1.82) is 0 Å². The molecule has 0 saturated carbocycles. The number of hydrogen-bond acceptors (Lipinski definition) is 4. The Balaban J connectivity index is 1.73. The summed E-state index contributed by atoms with van der Waals surface area (Å²) in [6.07, 6.45) is 2.17. The Hall–Kier alpha value is -1.97. The summed E-state index contributed by atoms with van der Waals surface area (Å²) in [5.74, 6) is 0. The first-order chi connectivity index (χ1) is 7.84. The molecule has 4 heteroatoms. The number of carbonyl (C=O) groups is 1. The minimum Gasteiger partial charge on any atom is -0.497 e. The molecule has 2 rings (SSSR count). The van der Waals surface area contributed by atoms with Gasteiger partial charge in [0.15, 0.2) is 6.10 Å². The maximum Gasteiger partial charge on any atom is 0.509 e. The predicted octanol–water partition coefficient (Wildman–Crippen LogP) is 2.25. The van der Waals surface area contributed by atoms with Crippen molar-refractivity contribution in [3.05, 3.63) is 48.2 Å². The maximum absolute atomic E-state index is 11.2. The van der Waals surface area contributed by atoms with Crippen molar-refractivity contribution in [2.75, 3.05) is 6.61 Å².